The number of halogens is 3. The predicted molar refractivity (Wildman–Crippen MR) is 76.1 cm³/mol. The summed E-state index contributed by atoms with van der Waals surface area (Å²) < 4.78 is 47.2. The van der Waals surface area contributed by atoms with E-state index in [1.54, 1.807) is 49.5 Å². The molecule has 1 aromatic heterocycles. The highest BCUT2D eigenvalue weighted by atomic mass is 28.4. The normalized spacial score (nSPS) is 14.8. The second-order valence-corrected chi connectivity index (χ2v) is 10.3. The van der Waals surface area contributed by atoms with Gasteiger partial charge in [0.15, 0.2) is 14.4 Å². The summed E-state index contributed by atoms with van der Waals surface area (Å²) in [4.78, 5) is 0. The van der Waals surface area contributed by atoms with Crippen molar-refractivity contribution in [2.75, 3.05) is 0 Å². The molecule has 2 nitrogen and oxygen atoms in total. The smallest absolute Gasteiger partial charge is 0.403 e. The van der Waals surface area contributed by atoms with Crippen LogP contribution in [0.25, 0.3) is 10.9 Å². The number of benzene rings is 1. The van der Waals surface area contributed by atoms with Crippen molar-refractivity contribution in [3.8, 4) is 0 Å². The molecule has 1 heterocycles. The Morgan fingerprint density at radius 3 is 2.30 bits per heavy atom. The average molecular weight is 301 g/mol. The van der Waals surface area contributed by atoms with Crippen molar-refractivity contribution in [3.63, 3.8) is 0 Å². The third kappa shape index (κ3) is 3.07. The van der Waals surface area contributed by atoms with Crippen molar-refractivity contribution in [1.29, 1.82) is 0 Å². The second kappa shape index (κ2) is 4.93. The number of alkyl halides is 3. The molecule has 0 spiro atoms. The molecule has 0 amide bonds. The Hall–Kier alpha value is -1.27. The maximum atomic E-state index is 13.4. The molecule has 0 aliphatic heterocycles. The second-order valence-electron chi connectivity index (χ2n) is 5.86. The van der Waals surface area contributed by atoms with Gasteiger partial charge in [0.05, 0.1) is 0 Å². The Labute approximate surface area is 117 Å². The van der Waals surface area contributed by atoms with Crippen LogP contribution in [0.1, 0.15) is 11.7 Å². The fourth-order valence-corrected chi connectivity index (χ4v) is 3.21. The molecule has 1 atom stereocenters. The quantitative estimate of drug-likeness (QED) is 0.754. The fraction of sp³-hybridized carbons (Fsp3) is 0.429. The third-order valence-electron chi connectivity index (χ3n) is 2.98. The van der Waals surface area contributed by atoms with E-state index in [1.165, 1.54) is 6.20 Å². The Morgan fingerprint density at radius 1 is 1.15 bits per heavy atom. The van der Waals surface area contributed by atoms with Gasteiger partial charge >= 0.3 is 6.18 Å². The first-order valence-corrected chi connectivity index (χ1v) is 9.79. The van der Waals surface area contributed by atoms with Crippen molar-refractivity contribution in [1.82, 2.24) is 4.57 Å². The number of aryl methyl sites for hydroxylation is 1. The van der Waals surface area contributed by atoms with Crippen LogP contribution in [0.15, 0.2) is 30.5 Å². The SMILES string of the molecule is Cn1cc(C(O[Si](C)(C)C)C(F)(F)F)c2ccccc21. The van der Waals surface area contributed by atoms with E-state index in [9.17, 15) is 13.2 Å². The summed E-state index contributed by atoms with van der Waals surface area (Å²) in [7, 11) is -0.576. The molecule has 0 aliphatic carbocycles. The lowest BCUT2D eigenvalue weighted by atomic mass is 10.1. The number of aromatic nitrogens is 1. The summed E-state index contributed by atoms with van der Waals surface area (Å²) in [5.41, 5.74) is 0.967. The zero-order valence-corrected chi connectivity index (χ0v) is 13.0. The number of hydrogen-bond donors (Lipinski definition) is 0. The summed E-state index contributed by atoms with van der Waals surface area (Å²) in [5.74, 6) is 0. The number of para-hydroxylation sites is 1. The Balaban J connectivity index is 2.57. The molecule has 0 fully saturated rings. The van der Waals surface area contributed by atoms with Gasteiger partial charge in [0.2, 0.25) is 0 Å². The Morgan fingerprint density at radius 2 is 1.75 bits per heavy atom. The van der Waals surface area contributed by atoms with E-state index in [0.717, 1.165) is 5.52 Å². The van der Waals surface area contributed by atoms with Crippen LogP contribution >= 0.6 is 0 Å². The summed E-state index contributed by atoms with van der Waals surface area (Å²) in [6, 6.07) is 7.07. The van der Waals surface area contributed by atoms with Crippen molar-refractivity contribution < 1.29 is 17.6 Å². The maximum Gasteiger partial charge on any atom is 0.417 e. The van der Waals surface area contributed by atoms with E-state index in [2.05, 4.69) is 0 Å². The Kier molecular flexibility index (Phi) is 3.73. The van der Waals surface area contributed by atoms with Crippen LogP contribution in [-0.4, -0.2) is 19.1 Å². The predicted octanol–water partition coefficient (Wildman–Crippen LogP) is 4.63. The molecular weight excluding hydrogens is 283 g/mol. The lowest BCUT2D eigenvalue weighted by Crippen LogP contribution is -2.34. The van der Waals surface area contributed by atoms with Gasteiger partial charge in [-0.15, -0.1) is 0 Å². The van der Waals surface area contributed by atoms with Crippen molar-refractivity contribution in [2.45, 2.75) is 31.9 Å². The van der Waals surface area contributed by atoms with Crippen molar-refractivity contribution >= 4 is 19.2 Å². The topological polar surface area (TPSA) is 14.2 Å². The van der Waals surface area contributed by atoms with Gasteiger partial charge in [-0.3, -0.25) is 0 Å². The standard InChI is InChI=1S/C14H18F3NOSi/c1-18-9-11(10-7-5-6-8-12(10)18)13(14(15,16)17)19-20(2,3)4/h5-9,13H,1-4H3. The highest BCUT2D eigenvalue weighted by Crippen LogP contribution is 2.41. The van der Waals surface area contributed by atoms with E-state index in [0.29, 0.717) is 5.39 Å². The first-order chi connectivity index (χ1) is 9.09. The van der Waals surface area contributed by atoms with Gasteiger partial charge in [-0.2, -0.15) is 13.2 Å². The lowest BCUT2D eigenvalue weighted by molar-refractivity contribution is -0.200. The molecule has 0 aliphatic rings. The molecule has 110 valence electrons. The van der Waals surface area contributed by atoms with Gasteiger partial charge in [-0.05, 0) is 25.7 Å². The minimum atomic E-state index is -4.41. The van der Waals surface area contributed by atoms with E-state index in [-0.39, 0.29) is 5.56 Å². The number of nitrogens with zero attached hydrogens (tertiary/aromatic N) is 1. The molecule has 0 radical (unpaired) electrons. The van der Waals surface area contributed by atoms with Gasteiger partial charge in [0.1, 0.15) is 0 Å². The average Bonchev–Trinajstić information content (AvgIpc) is 2.62. The van der Waals surface area contributed by atoms with Crippen LogP contribution in [0.3, 0.4) is 0 Å². The summed E-state index contributed by atoms with van der Waals surface area (Å²) >= 11 is 0. The molecule has 2 rings (SSSR count). The van der Waals surface area contributed by atoms with Crippen LogP contribution in [0.4, 0.5) is 13.2 Å². The molecule has 0 N–H and O–H groups in total. The van der Waals surface area contributed by atoms with Gasteiger partial charge < -0.3 is 8.99 Å². The lowest BCUT2D eigenvalue weighted by Gasteiger charge is -2.28. The molecule has 0 saturated heterocycles. The van der Waals surface area contributed by atoms with Crippen LogP contribution in [0.5, 0.6) is 0 Å². The summed E-state index contributed by atoms with van der Waals surface area (Å²) in [6.07, 6.45) is -4.76. The number of hydrogen-bond acceptors (Lipinski definition) is 1. The first-order valence-electron chi connectivity index (χ1n) is 6.38. The molecule has 0 saturated carbocycles. The molecule has 1 unspecified atom stereocenters. The van der Waals surface area contributed by atoms with E-state index < -0.39 is 20.6 Å². The summed E-state index contributed by atoms with van der Waals surface area (Å²) in [5, 5.41) is 0.593. The monoisotopic (exact) mass is 301 g/mol. The number of fused-ring (bicyclic) bond motifs is 1. The van der Waals surface area contributed by atoms with Crippen LogP contribution in [0.2, 0.25) is 19.6 Å². The molecule has 0 bridgehead atoms. The summed E-state index contributed by atoms with van der Waals surface area (Å²) in [6.45, 7) is 5.28. The van der Waals surface area contributed by atoms with Gasteiger partial charge in [0, 0.05) is 29.7 Å². The van der Waals surface area contributed by atoms with E-state index >= 15 is 0 Å². The molecule has 1 aromatic carbocycles. The zero-order chi connectivity index (χ0) is 15.1. The van der Waals surface area contributed by atoms with Crippen LogP contribution < -0.4 is 0 Å². The fourth-order valence-electron chi connectivity index (χ4n) is 2.24. The third-order valence-corrected chi connectivity index (χ3v) is 3.92. The van der Waals surface area contributed by atoms with E-state index in [1.807, 2.05) is 6.07 Å². The number of rotatable bonds is 3. The first kappa shape index (κ1) is 15.1. The van der Waals surface area contributed by atoms with Gasteiger partial charge in [-0.1, -0.05) is 18.2 Å². The van der Waals surface area contributed by atoms with Crippen LogP contribution in [-0.2, 0) is 11.5 Å². The largest absolute Gasteiger partial charge is 0.417 e. The van der Waals surface area contributed by atoms with Crippen LogP contribution in [0, 0.1) is 0 Å². The Bertz CT molecular complexity index is 613. The van der Waals surface area contributed by atoms with Crippen molar-refractivity contribution in [2.24, 2.45) is 7.05 Å². The molecule has 6 heteroatoms. The van der Waals surface area contributed by atoms with Crippen molar-refractivity contribution in [3.05, 3.63) is 36.0 Å². The van der Waals surface area contributed by atoms with E-state index in [4.69, 9.17) is 4.43 Å². The highest BCUT2D eigenvalue weighted by molar-refractivity contribution is 6.69. The minimum absolute atomic E-state index is 0.193. The van der Waals surface area contributed by atoms with Gasteiger partial charge in [0.25, 0.3) is 0 Å². The minimum Gasteiger partial charge on any atom is -0.403 e. The molecular formula is C14H18F3NOSi. The maximum absolute atomic E-state index is 13.4. The molecule has 2 aromatic rings. The molecule has 20 heavy (non-hydrogen) atoms. The highest BCUT2D eigenvalue weighted by Gasteiger charge is 2.45. The zero-order valence-electron chi connectivity index (χ0n) is 12.0. The van der Waals surface area contributed by atoms with Gasteiger partial charge in [-0.25, -0.2) is 0 Å².